The van der Waals surface area contributed by atoms with Crippen LogP contribution in [0.4, 0.5) is 0 Å². The Morgan fingerprint density at radius 1 is 0.900 bits per heavy atom. The van der Waals surface area contributed by atoms with Gasteiger partial charge in [0, 0.05) is 18.3 Å². The van der Waals surface area contributed by atoms with Gasteiger partial charge in [0.05, 0.1) is 10.0 Å². The molecule has 0 bridgehead atoms. The van der Waals surface area contributed by atoms with Crippen molar-refractivity contribution in [3.05, 3.63) is 69.8 Å². The van der Waals surface area contributed by atoms with E-state index in [1.165, 1.54) is 16.5 Å². The third-order valence-corrected chi connectivity index (χ3v) is 4.32. The number of aromatic nitrogens is 1. The molecule has 20 heavy (non-hydrogen) atoms. The van der Waals surface area contributed by atoms with E-state index in [0.717, 1.165) is 18.5 Å². The summed E-state index contributed by atoms with van der Waals surface area (Å²) in [5.41, 5.74) is 3.76. The molecule has 0 aliphatic rings. The van der Waals surface area contributed by atoms with Crippen LogP contribution in [0.1, 0.15) is 18.1 Å². The summed E-state index contributed by atoms with van der Waals surface area (Å²) >= 11 is 12.0. The summed E-state index contributed by atoms with van der Waals surface area (Å²) in [6.07, 6.45) is 3.18. The van der Waals surface area contributed by atoms with Crippen molar-refractivity contribution in [1.82, 2.24) is 4.57 Å². The maximum atomic E-state index is 6.07. The Balaban J connectivity index is 1.96. The van der Waals surface area contributed by atoms with Gasteiger partial charge < -0.3 is 4.57 Å². The topological polar surface area (TPSA) is 4.93 Å². The van der Waals surface area contributed by atoms with Crippen LogP contribution in [-0.4, -0.2) is 4.57 Å². The van der Waals surface area contributed by atoms with Gasteiger partial charge in [-0.3, -0.25) is 0 Å². The third kappa shape index (κ3) is 2.56. The molecule has 1 heterocycles. The van der Waals surface area contributed by atoms with Crippen molar-refractivity contribution >= 4 is 34.1 Å². The lowest BCUT2D eigenvalue weighted by Gasteiger charge is -2.07. The standard InChI is InChI=1S/C17H15Cl2N/c1-2-12-4-6-17-14(9-12)7-8-20(17)11-13-3-5-15(18)16(19)10-13/h3-10H,2,11H2,1H3. The maximum absolute atomic E-state index is 6.07. The number of aryl methyl sites for hydroxylation is 1. The summed E-state index contributed by atoms with van der Waals surface area (Å²) in [6.45, 7) is 2.97. The second-order valence-electron chi connectivity index (χ2n) is 4.94. The molecule has 0 atom stereocenters. The monoisotopic (exact) mass is 303 g/mol. The van der Waals surface area contributed by atoms with E-state index in [1.54, 1.807) is 0 Å². The molecule has 3 rings (SSSR count). The number of halogens is 2. The van der Waals surface area contributed by atoms with E-state index in [9.17, 15) is 0 Å². The van der Waals surface area contributed by atoms with Gasteiger partial charge in [-0.05, 0) is 53.3 Å². The SMILES string of the molecule is CCc1ccc2c(ccn2Cc2ccc(Cl)c(Cl)c2)c1. The Labute approximate surface area is 128 Å². The van der Waals surface area contributed by atoms with Crippen molar-refractivity contribution in [3.63, 3.8) is 0 Å². The largest absolute Gasteiger partial charge is 0.343 e. The molecule has 3 heteroatoms. The minimum atomic E-state index is 0.598. The lowest BCUT2D eigenvalue weighted by molar-refractivity contribution is 0.837. The van der Waals surface area contributed by atoms with Crippen LogP contribution in [0.2, 0.25) is 10.0 Å². The fraction of sp³-hybridized carbons (Fsp3) is 0.176. The normalized spacial score (nSPS) is 11.2. The van der Waals surface area contributed by atoms with Crippen LogP contribution < -0.4 is 0 Å². The molecule has 0 saturated heterocycles. The average molecular weight is 304 g/mol. The second-order valence-corrected chi connectivity index (χ2v) is 5.75. The molecule has 0 unspecified atom stereocenters. The van der Waals surface area contributed by atoms with Gasteiger partial charge in [-0.15, -0.1) is 0 Å². The van der Waals surface area contributed by atoms with Crippen LogP contribution in [0.5, 0.6) is 0 Å². The molecule has 0 saturated carbocycles. The number of rotatable bonds is 3. The van der Waals surface area contributed by atoms with Gasteiger partial charge in [-0.2, -0.15) is 0 Å². The first-order valence-corrected chi connectivity index (χ1v) is 7.44. The van der Waals surface area contributed by atoms with E-state index in [2.05, 4.69) is 42.0 Å². The van der Waals surface area contributed by atoms with Crippen molar-refractivity contribution in [2.24, 2.45) is 0 Å². The summed E-state index contributed by atoms with van der Waals surface area (Å²) in [6, 6.07) is 14.6. The maximum Gasteiger partial charge on any atom is 0.0595 e. The fourth-order valence-corrected chi connectivity index (χ4v) is 2.76. The molecule has 1 nitrogen and oxygen atoms in total. The summed E-state index contributed by atoms with van der Waals surface area (Å²) in [4.78, 5) is 0. The van der Waals surface area contributed by atoms with Crippen LogP contribution in [0.15, 0.2) is 48.7 Å². The van der Waals surface area contributed by atoms with E-state index in [-0.39, 0.29) is 0 Å². The Hall–Kier alpha value is -1.44. The molecule has 0 spiro atoms. The fourth-order valence-electron chi connectivity index (χ4n) is 2.44. The van der Waals surface area contributed by atoms with Crippen molar-refractivity contribution in [3.8, 4) is 0 Å². The van der Waals surface area contributed by atoms with Crippen LogP contribution >= 0.6 is 23.2 Å². The van der Waals surface area contributed by atoms with Crippen molar-refractivity contribution in [1.29, 1.82) is 0 Å². The molecule has 2 aromatic carbocycles. The molecule has 0 N–H and O–H groups in total. The van der Waals surface area contributed by atoms with Crippen LogP contribution in [0.3, 0.4) is 0 Å². The molecule has 0 aliphatic carbocycles. The number of hydrogen-bond acceptors (Lipinski definition) is 0. The minimum Gasteiger partial charge on any atom is -0.343 e. The first kappa shape index (κ1) is 13.5. The number of hydrogen-bond donors (Lipinski definition) is 0. The first-order valence-electron chi connectivity index (χ1n) is 6.69. The van der Waals surface area contributed by atoms with Gasteiger partial charge in [-0.25, -0.2) is 0 Å². The Kier molecular flexibility index (Phi) is 3.73. The van der Waals surface area contributed by atoms with Gasteiger partial charge in [0.25, 0.3) is 0 Å². The van der Waals surface area contributed by atoms with Crippen LogP contribution in [0.25, 0.3) is 10.9 Å². The van der Waals surface area contributed by atoms with Gasteiger partial charge in [0.15, 0.2) is 0 Å². The number of benzene rings is 2. The van der Waals surface area contributed by atoms with Crippen LogP contribution in [0, 0.1) is 0 Å². The molecule has 1 aromatic heterocycles. The van der Waals surface area contributed by atoms with Crippen molar-refractivity contribution in [2.75, 3.05) is 0 Å². The molecule has 102 valence electrons. The van der Waals surface area contributed by atoms with Crippen LogP contribution in [-0.2, 0) is 13.0 Å². The zero-order valence-corrected chi connectivity index (χ0v) is 12.7. The molecular weight excluding hydrogens is 289 g/mol. The van der Waals surface area contributed by atoms with E-state index in [0.29, 0.717) is 10.0 Å². The third-order valence-electron chi connectivity index (χ3n) is 3.58. The predicted octanol–water partition coefficient (Wildman–Crippen LogP) is 5.56. The van der Waals surface area contributed by atoms with E-state index >= 15 is 0 Å². The van der Waals surface area contributed by atoms with Gasteiger partial charge in [-0.1, -0.05) is 42.3 Å². The van der Waals surface area contributed by atoms with Gasteiger partial charge in [0.1, 0.15) is 0 Å². The Morgan fingerprint density at radius 2 is 1.70 bits per heavy atom. The molecular formula is C17H15Cl2N. The molecule has 0 amide bonds. The number of nitrogens with zero attached hydrogens (tertiary/aromatic N) is 1. The average Bonchev–Trinajstić information content (AvgIpc) is 2.85. The van der Waals surface area contributed by atoms with E-state index in [1.807, 2.05) is 18.2 Å². The molecule has 0 radical (unpaired) electrons. The van der Waals surface area contributed by atoms with Crippen molar-refractivity contribution in [2.45, 2.75) is 19.9 Å². The highest BCUT2D eigenvalue weighted by molar-refractivity contribution is 6.42. The van der Waals surface area contributed by atoms with E-state index in [4.69, 9.17) is 23.2 Å². The summed E-state index contributed by atoms with van der Waals surface area (Å²) < 4.78 is 2.23. The van der Waals surface area contributed by atoms with Gasteiger partial charge in [0.2, 0.25) is 0 Å². The first-order chi connectivity index (χ1) is 9.67. The van der Waals surface area contributed by atoms with Gasteiger partial charge >= 0.3 is 0 Å². The highest BCUT2D eigenvalue weighted by Gasteiger charge is 2.04. The summed E-state index contributed by atoms with van der Waals surface area (Å²) in [7, 11) is 0. The Bertz CT molecular complexity index is 759. The quantitative estimate of drug-likeness (QED) is 0.597. The number of fused-ring (bicyclic) bond motifs is 1. The smallest absolute Gasteiger partial charge is 0.0595 e. The highest BCUT2D eigenvalue weighted by Crippen LogP contribution is 2.24. The molecule has 3 aromatic rings. The second kappa shape index (κ2) is 5.51. The molecule has 0 fully saturated rings. The zero-order chi connectivity index (χ0) is 14.1. The van der Waals surface area contributed by atoms with E-state index < -0.39 is 0 Å². The Morgan fingerprint density at radius 3 is 2.45 bits per heavy atom. The minimum absolute atomic E-state index is 0.598. The zero-order valence-electron chi connectivity index (χ0n) is 11.2. The molecule has 0 aliphatic heterocycles. The van der Waals surface area contributed by atoms with Crippen molar-refractivity contribution < 1.29 is 0 Å². The lowest BCUT2D eigenvalue weighted by atomic mass is 10.1. The predicted molar refractivity (Wildman–Crippen MR) is 86.9 cm³/mol. The highest BCUT2D eigenvalue weighted by atomic mass is 35.5. The lowest BCUT2D eigenvalue weighted by Crippen LogP contribution is -1.97. The summed E-state index contributed by atoms with van der Waals surface area (Å²) in [5, 5.41) is 2.48. The summed E-state index contributed by atoms with van der Waals surface area (Å²) in [5.74, 6) is 0.